The molecule has 0 aliphatic heterocycles. The molecule has 0 fully saturated rings. The number of rotatable bonds is 7. The van der Waals surface area contributed by atoms with Gasteiger partial charge in [-0.2, -0.15) is 0 Å². The van der Waals surface area contributed by atoms with Crippen molar-refractivity contribution in [3.63, 3.8) is 0 Å². The van der Waals surface area contributed by atoms with Gasteiger partial charge < -0.3 is 9.47 Å². The Labute approximate surface area is 100 Å². The van der Waals surface area contributed by atoms with Crippen molar-refractivity contribution < 1.29 is 13.9 Å². The molecule has 90 valence electrons. The topological polar surface area (TPSA) is 18.5 Å². The summed E-state index contributed by atoms with van der Waals surface area (Å²) < 4.78 is 23.3. The van der Waals surface area contributed by atoms with Gasteiger partial charge in [0.15, 0.2) is 0 Å². The summed E-state index contributed by atoms with van der Waals surface area (Å²) in [5, 5.41) is 0. The molecule has 0 spiro atoms. The van der Waals surface area contributed by atoms with Crippen molar-refractivity contribution >= 4 is 11.6 Å². The lowest BCUT2D eigenvalue weighted by Crippen LogP contribution is -2.01. The monoisotopic (exact) mass is 246 g/mol. The van der Waals surface area contributed by atoms with Crippen molar-refractivity contribution in [3.05, 3.63) is 29.6 Å². The molecule has 0 amide bonds. The summed E-state index contributed by atoms with van der Waals surface area (Å²) in [6.45, 7) is 1.33. The molecule has 1 aromatic rings. The molecule has 0 atom stereocenters. The van der Waals surface area contributed by atoms with Crippen LogP contribution in [0.4, 0.5) is 4.39 Å². The Balaban J connectivity index is 2.41. The molecule has 1 rings (SSSR count). The van der Waals surface area contributed by atoms with E-state index in [1.807, 2.05) is 0 Å². The van der Waals surface area contributed by atoms with E-state index >= 15 is 0 Å². The molecule has 0 unspecified atom stereocenters. The highest BCUT2D eigenvalue weighted by Crippen LogP contribution is 2.21. The van der Waals surface area contributed by atoms with Gasteiger partial charge in [0, 0.05) is 19.3 Å². The van der Waals surface area contributed by atoms with Crippen LogP contribution in [0.3, 0.4) is 0 Å². The van der Waals surface area contributed by atoms with Crippen molar-refractivity contribution in [1.82, 2.24) is 0 Å². The van der Waals surface area contributed by atoms with E-state index in [-0.39, 0.29) is 11.7 Å². The predicted octanol–water partition coefficient (Wildman–Crippen LogP) is 3.37. The highest BCUT2D eigenvalue weighted by atomic mass is 35.5. The first kappa shape index (κ1) is 13.3. The van der Waals surface area contributed by atoms with Gasteiger partial charge in [0.2, 0.25) is 0 Å². The molecule has 2 nitrogen and oxygen atoms in total. The molecule has 0 heterocycles. The van der Waals surface area contributed by atoms with Crippen molar-refractivity contribution in [2.45, 2.75) is 18.7 Å². The number of hydrogen-bond acceptors (Lipinski definition) is 2. The van der Waals surface area contributed by atoms with Crippen molar-refractivity contribution in [3.8, 4) is 5.75 Å². The van der Waals surface area contributed by atoms with Crippen molar-refractivity contribution in [2.75, 3.05) is 20.3 Å². The Hall–Kier alpha value is -0.800. The summed E-state index contributed by atoms with van der Waals surface area (Å²) in [7, 11) is 1.67. The summed E-state index contributed by atoms with van der Waals surface area (Å²) in [5.41, 5.74) is 0.688. The third kappa shape index (κ3) is 4.37. The minimum absolute atomic E-state index is 0.255. The molecule has 0 aliphatic carbocycles. The predicted molar refractivity (Wildman–Crippen MR) is 62.6 cm³/mol. The van der Waals surface area contributed by atoms with Crippen LogP contribution in [0.25, 0.3) is 0 Å². The number of methoxy groups -OCH3 is 1. The second kappa shape index (κ2) is 7.47. The standard InChI is InChI=1S/C12H16ClFO2/c1-15-6-2-3-7-16-12-5-4-11(14)8-10(12)9-13/h4-5,8H,2-3,6-7,9H2,1H3. The summed E-state index contributed by atoms with van der Waals surface area (Å²) in [6, 6.07) is 4.39. The van der Waals surface area contributed by atoms with Gasteiger partial charge in [-0.1, -0.05) is 0 Å². The molecule has 0 radical (unpaired) electrons. The van der Waals surface area contributed by atoms with Crippen LogP contribution in [-0.2, 0) is 10.6 Å². The molecule has 16 heavy (non-hydrogen) atoms. The number of unbranched alkanes of at least 4 members (excludes halogenated alkanes) is 1. The number of ether oxygens (including phenoxy) is 2. The smallest absolute Gasteiger partial charge is 0.123 e. The van der Waals surface area contributed by atoms with E-state index in [0.717, 1.165) is 19.4 Å². The van der Waals surface area contributed by atoms with E-state index < -0.39 is 0 Å². The van der Waals surface area contributed by atoms with Gasteiger partial charge in [-0.25, -0.2) is 4.39 Å². The fourth-order valence-electron chi connectivity index (χ4n) is 1.32. The third-order valence-corrected chi connectivity index (χ3v) is 2.45. The second-order valence-corrected chi connectivity index (χ2v) is 3.70. The lowest BCUT2D eigenvalue weighted by atomic mass is 10.2. The third-order valence-electron chi connectivity index (χ3n) is 2.17. The van der Waals surface area contributed by atoms with Crippen LogP contribution >= 0.6 is 11.6 Å². The molecule has 0 aromatic heterocycles. The average molecular weight is 247 g/mol. The van der Waals surface area contributed by atoms with Crippen LogP contribution in [0, 0.1) is 5.82 Å². The van der Waals surface area contributed by atoms with E-state index in [9.17, 15) is 4.39 Å². The lowest BCUT2D eigenvalue weighted by molar-refractivity contribution is 0.184. The Morgan fingerprint density at radius 1 is 1.25 bits per heavy atom. The molecule has 0 bridgehead atoms. The maximum Gasteiger partial charge on any atom is 0.123 e. The van der Waals surface area contributed by atoms with E-state index in [4.69, 9.17) is 21.1 Å². The van der Waals surface area contributed by atoms with Crippen molar-refractivity contribution in [1.29, 1.82) is 0 Å². The maximum absolute atomic E-state index is 12.9. The van der Waals surface area contributed by atoms with Crippen LogP contribution in [0.1, 0.15) is 18.4 Å². The average Bonchev–Trinajstić information content (AvgIpc) is 2.30. The number of benzene rings is 1. The normalized spacial score (nSPS) is 10.4. The largest absolute Gasteiger partial charge is 0.493 e. The van der Waals surface area contributed by atoms with Gasteiger partial charge in [0.25, 0.3) is 0 Å². The fourth-order valence-corrected chi connectivity index (χ4v) is 1.53. The van der Waals surface area contributed by atoms with Crippen LogP contribution in [0.15, 0.2) is 18.2 Å². The molecule has 4 heteroatoms. The molecule has 0 N–H and O–H groups in total. The molecule has 0 saturated heterocycles. The van der Waals surface area contributed by atoms with Crippen molar-refractivity contribution in [2.24, 2.45) is 0 Å². The number of halogens is 2. The van der Waals surface area contributed by atoms with E-state index in [1.165, 1.54) is 12.1 Å². The summed E-state index contributed by atoms with van der Waals surface area (Å²) in [5.74, 6) is 0.627. The van der Waals surface area contributed by atoms with E-state index in [1.54, 1.807) is 13.2 Å². The van der Waals surface area contributed by atoms with Gasteiger partial charge in [-0.15, -0.1) is 11.6 Å². The Bertz CT molecular complexity index is 318. The Morgan fingerprint density at radius 3 is 2.69 bits per heavy atom. The van der Waals surface area contributed by atoms with Gasteiger partial charge in [-0.3, -0.25) is 0 Å². The van der Waals surface area contributed by atoms with Gasteiger partial charge >= 0.3 is 0 Å². The fraction of sp³-hybridized carbons (Fsp3) is 0.500. The first-order valence-corrected chi connectivity index (χ1v) is 5.77. The minimum atomic E-state index is -0.289. The second-order valence-electron chi connectivity index (χ2n) is 3.43. The molecule has 0 saturated carbocycles. The van der Waals surface area contributed by atoms with E-state index in [0.29, 0.717) is 17.9 Å². The van der Waals surface area contributed by atoms with Gasteiger partial charge in [0.1, 0.15) is 11.6 Å². The van der Waals surface area contributed by atoms with Gasteiger partial charge in [0.05, 0.1) is 12.5 Å². The zero-order valence-corrected chi connectivity index (χ0v) is 10.1. The summed E-state index contributed by atoms with van der Waals surface area (Å²) >= 11 is 5.70. The molecular formula is C12H16ClFO2. The maximum atomic E-state index is 12.9. The highest BCUT2D eigenvalue weighted by molar-refractivity contribution is 6.17. The molecular weight excluding hydrogens is 231 g/mol. The summed E-state index contributed by atoms with van der Waals surface area (Å²) in [4.78, 5) is 0. The van der Waals surface area contributed by atoms with Crippen LogP contribution in [-0.4, -0.2) is 20.3 Å². The number of hydrogen-bond donors (Lipinski definition) is 0. The first-order valence-electron chi connectivity index (χ1n) is 5.24. The number of alkyl halides is 1. The minimum Gasteiger partial charge on any atom is -0.493 e. The lowest BCUT2D eigenvalue weighted by Gasteiger charge is -2.09. The molecule has 0 aliphatic rings. The SMILES string of the molecule is COCCCCOc1ccc(F)cc1CCl. The highest BCUT2D eigenvalue weighted by Gasteiger charge is 2.04. The Kier molecular flexibility index (Phi) is 6.19. The van der Waals surface area contributed by atoms with Crippen LogP contribution < -0.4 is 4.74 Å². The van der Waals surface area contributed by atoms with Crippen LogP contribution in [0.5, 0.6) is 5.75 Å². The van der Waals surface area contributed by atoms with E-state index in [2.05, 4.69) is 0 Å². The Morgan fingerprint density at radius 2 is 2.00 bits per heavy atom. The zero-order chi connectivity index (χ0) is 11.8. The quantitative estimate of drug-likeness (QED) is 0.543. The molecule has 1 aromatic carbocycles. The van der Waals surface area contributed by atoms with Gasteiger partial charge in [-0.05, 0) is 31.0 Å². The first-order chi connectivity index (χ1) is 7.77. The summed E-state index contributed by atoms with van der Waals surface area (Å²) in [6.07, 6.45) is 1.86. The zero-order valence-electron chi connectivity index (χ0n) is 9.34. The van der Waals surface area contributed by atoms with Crippen LogP contribution in [0.2, 0.25) is 0 Å².